The van der Waals surface area contributed by atoms with E-state index >= 15 is 4.39 Å². The molecule has 4 aromatic heterocycles. The van der Waals surface area contributed by atoms with Gasteiger partial charge in [0.2, 0.25) is 12.7 Å². The summed E-state index contributed by atoms with van der Waals surface area (Å²) in [5.41, 5.74) is 0.803. The Morgan fingerprint density at radius 3 is 2.62 bits per heavy atom. The van der Waals surface area contributed by atoms with E-state index < -0.39 is 42.6 Å². The molecule has 220 valence electrons. The maximum atomic E-state index is 16.1. The summed E-state index contributed by atoms with van der Waals surface area (Å²) in [7, 11) is 0. The second kappa shape index (κ2) is 11.8. The lowest BCUT2D eigenvalue weighted by Crippen LogP contribution is -2.52. The van der Waals surface area contributed by atoms with E-state index in [9.17, 15) is 14.0 Å². The van der Waals surface area contributed by atoms with Crippen LogP contribution in [0.2, 0.25) is 4.34 Å². The van der Waals surface area contributed by atoms with Crippen LogP contribution in [0.5, 0.6) is 0 Å². The lowest BCUT2D eigenvalue weighted by Gasteiger charge is -2.47. The minimum Gasteiger partial charge on any atom is -0.435 e. The van der Waals surface area contributed by atoms with Crippen molar-refractivity contribution < 1.29 is 32.6 Å². The number of fused-ring (bicyclic) bond motifs is 4. The molecule has 2 bridgehead atoms. The summed E-state index contributed by atoms with van der Waals surface area (Å²) >= 11 is 7.29. The fraction of sp³-hybridized carbons (Fsp3) is 0.407. The Balaban J connectivity index is 1.36. The van der Waals surface area contributed by atoms with Gasteiger partial charge in [-0.3, -0.25) is 4.79 Å². The Morgan fingerprint density at radius 1 is 1.10 bits per heavy atom. The highest BCUT2D eigenvalue weighted by Gasteiger charge is 2.48. The summed E-state index contributed by atoms with van der Waals surface area (Å²) in [5.74, 6) is -2.72. The van der Waals surface area contributed by atoms with Crippen LogP contribution in [0.15, 0.2) is 24.5 Å². The van der Waals surface area contributed by atoms with Crippen LogP contribution in [0.1, 0.15) is 32.6 Å². The number of nitrogens with one attached hydrogen (secondary N) is 2. The molecule has 3 aliphatic carbocycles. The average molecular weight is 619 g/mol. The fourth-order valence-electron chi connectivity index (χ4n) is 5.85. The van der Waals surface area contributed by atoms with Gasteiger partial charge >= 0.3 is 12.1 Å². The number of thiophene rings is 1. The zero-order chi connectivity index (χ0) is 29.4. The summed E-state index contributed by atoms with van der Waals surface area (Å²) in [6, 6.07) is 2.77. The second-order valence-electron chi connectivity index (χ2n) is 10.0. The van der Waals surface area contributed by atoms with Gasteiger partial charge in [-0.25, -0.2) is 29.1 Å². The molecule has 2 atom stereocenters. The smallest absolute Gasteiger partial charge is 0.435 e. The number of esters is 1. The summed E-state index contributed by atoms with van der Waals surface area (Å²) < 4.78 is 45.4. The number of rotatable bonds is 8. The molecule has 0 spiro atoms. The molecule has 11 nitrogen and oxygen atoms in total. The zero-order valence-corrected chi connectivity index (χ0v) is 23.8. The van der Waals surface area contributed by atoms with Crippen LogP contribution >= 0.6 is 22.9 Å². The second-order valence-corrected chi connectivity index (χ2v) is 11.7. The Labute approximate surface area is 247 Å². The predicted molar refractivity (Wildman–Crippen MR) is 149 cm³/mol. The van der Waals surface area contributed by atoms with E-state index in [1.807, 2.05) is 0 Å². The molecule has 7 rings (SSSR count). The molecule has 15 heteroatoms. The van der Waals surface area contributed by atoms with Gasteiger partial charge in [0.1, 0.15) is 11.2 Å². The highest BCUT2D eigenvalue weighted by atomic mass is 35.5. The Kier molecular flexibility index (Phi) is 7.90. The summed E-state index contributed by atoms with van der Waals surface area (Å²) in [6.45, 7) is 1.16. The first-order valence-electron chi connectivity index (χ1n) is 13.4. The number of ether oxygens (including phenoxy) is 3. The molecule has 0 aliphatic heterocycles. The monoisotopic (exact) mass is 618 g/mol. The van der Waals surface area contributed by atoms with E-state index in [-0.39, 0.29) is 41.3 Å². The molecule has 42 heavy (non-hydrogen) atoms. The van der Waals surface area contributed by atoms with E-state index in [0.717, 1.165) is 43.2 Å². The third-order valence-corrected chi connectivity index (χ3v) is 8.92. The number of hydrogen-bond acceptors (Lipinski definition) is 11. The molecule has 0 amide bonds. The topological polar surface area (TPSA) is 141 Å². The van der Waals surface area contributed by atoms with E-state index in [2.05, 4.69) is 30.2 Å². The minimum absolute atomic E-state index is 0.00518. The van der Waals surface area contributed by atoms with Gasteiger partial charge in [-0.15, -0.1) is 11.3 Å². The van der Waals surface area contributed by atoms with Gasteiger partial charge in [0.05, 0.1) is 33.5 Å². The quantitative estimate of drug-likeness (QED) is 0.179. The lowest BCUT2D eigenvalue weighted by atomic mass is 9.61. The van der Waals surface area contributed by atoms with Crippen LogP contribution in [0.4, 0.5) is 19.4 Å². The maximum Gasteiger partial charge on any atom is 0.511 e. The van der Waals surface area contributed by atoms with Gasteiger partial charge in [0.25, 0.3) is 0 Å². The molecule has 3 fully saturated rings. The highest BCUT2D eigenvalue weighted by molar-refractivity contribution is 7.19. The number of nitrogens with zero attached hydrogens (tertiary/aromatic N) is 4. The largest absolute Gasteiger partial charge is 0.511 e. The lowest BCUT2D eigenvalue weighted by molar-refractivity contribution is -0.164. The Bertz CT molecular complexity index is 1640. The number of hydrogen-bond donors (Lipinski definition) is 2. The molecular formula is C27H25ClF2N6O5S. The summed E-state index contributed by atoms with van der Waals surface area (Å²) in [4.78, 5) is 45.0. The van der Waals surface area contributed by atoms with Crippen molar-refractivity contribution in [1.82, 2.24) is 24.9 Å². The van der Waals surface area contributed by atoms with Crippen LogP contribution < -0.4 is 5.32 Å². The Hall–Kier alpha value is -3.91. The van der Waals surface area contributed by atoms with E-state index in [1.165, 1.54) is 6.20 Å². The molecule has 4 heterocycles. The van der Waals surface area contributed by atoms with Crippen molar-refractivity contribution in [3.63, 3.8) is 0 Å². The molecule has 0 unspecified atom stereocenters. The number of aromatic amines is 1. The molecule has 0 saturated heterocycles. The predicted octanol–water partition coefficient (Wildman–Crippen LogP) is 5.97. The highest BCUT2D eigenvalue weighted by Crippen LogP contribution is 2.47. The average Bonchev–Trinajstić information content (AvgIpc) is 3.60. The van der Waals surface area contributed by atoms with Crippen molar-refractivity contribution in [1.29, 1.82) is 0 Å². The van der Waals surface area contributed by atoms with E-state index in [0.29, 0.717) is 20.4 Å². The first-order valence-corrected chi connectivity index (χ1v) is 14.6. The number of halogens is 3. The van der Waals surface area contributed by atoms with Crippen molar-refractivity contribution >= 4 is 52.0 Å². The van der Waals surface area contributed by atoms with Gasteiger partial charge in [0, 0.05) is 12.2 Å². The van der Waals surface area contributed by atoms with Crippen LogP contribution in [-0.2, 0) is 19.0 Å². The van der Waals surface area contributed by atoms with Crippen LogP contribution in [-0.4, -0.2) is 56.5 Å². The third-order valence-electron chi connectivity index (χ3n) is 7.68. The minimum atomic E-state index is -0.941. The molecular weight excluding hydrogens is 594 g/mol. The van der Waals surface area contributed by atoms with Crippen LogP contribution in [0.25, 0.3) is 33.1 Å². The van der Waals surface area contributed by atoms with Crippen molar-refractivity contribution in [2.75, 3.05) is 18.7 Å². The van der Waals surface area contributed by atoms with E-state index in [4.69, 9.17) is 25.8 Å². The van der Waals surface area contributed by atoms with Crippen LogP contribution in [0, 0.1) is 29.5 Å². The number of aromatic nitrogens is 5. The fourth-order valence-corrected chi connectivity index (χ4v) is 6.88. The first-order chi connectivity index (χ1) is 20.3. The molecule has 0 radical (unpaired) electrons. The van der Waals surface area contributed by atoms with Crippen molar-refractivity contribution in [3.05, 3.63) is 40.6 Å². The van der Waals surface area contributed by atoms with E-state index in [1.54, 1.807) is 19.1 Å². The molecule has 2 N–H and O–H groups in total. The number of H-pyrrole nitrogens is 1. The van der Waals surface area contributed by atoms with Crippen molar-refractivity contribution in [2.24, 2.45) is 17.8 Å². The first kappa shape index (κ1) is 28.2. The van der Waals surface area contributed by atoms with Gasteiger partial charge in [-0.1, -0.05) is 11.6 Å². The normalized spacial score (nSPS) is 21.3. The van der Waals surface area contributed by atoms with Crippen molar-refractivity contribution in [2.45, 2.75) is 38.6 Å². The maximum absolute atomic E-state index is 16.1. The molecule has 3 saturated carbocycles. The van der Waals surface area contributed by atoms with Gasteiger partial charge < -0.3 is 24.5 Å². The number of anilines is 1. The van der Waals surface area contributed by atoms with Gasteiger partial charge in [-0.05, 0) is 56.6 Å². The van der Waals surface area contributed by atoms with Gasteiger partial charge in [-0.2, -0.15) is 4.39 Å². The van der Waals surface area contributed by atoms with Crippen molar-refractivity contribution in [3.8, 4) is 22.0 Å². The SMILES string of the molecule is CCOC(=O)OCOC(=O)[C@@H]1C2CCC(CC2)[C@H]1Nc1nc(-c2c[nH]c3ncc(F)nc23)nc(-c2ccc(Cl)s2)c1F. The zero-order valence-electron chi connectivity index (χ0n) is 22.2. The number of carbonyl (C=O) groups excluding carboxylic acids is 2. The van der Waals surface area contributed by atoms with Crippen LogP contribution in [0.3, 0.4) is 0 Å². The number of carbonyl (C=O) groups is 2. The van der Waals surface area contributed by atoms with Gasteiger partial charge in [0.15, 0.2) is 23.1 Å². The third kappa shape index (κ3) is 5.48. The standard InChI is InChI=1S/C27H25ClF2N6O5S/c1-2-39-27(38)41-11-40-26(37)18-12-3-5-13(6-4-12)20(18)34-24-19(30)22(15-7-8-16(28)42-15)35-23(36-24)14-9-31-25-21(14)33-17(29)10-32-25/h7-10,12-13,18,20H,2-6,11H2,1H3,(H,31,32)(H,34,35,36)/t12?,13?,18-,20-/m1/s1. The molecule has 0 aromatic carbocycles. The summed E-state index contributed by atoms with van der Waals surface area (Å²) in [5, 5.41) is 3.20. The Morgan fingerprint density at radius 2 is 1.88 bits per heavy atom. The summed E-state index contributed by atoms with van der Waals surface area (Å²) in [6.07, 6.45) is 4.89. The molecule has 3 aliphatic rings. The molecule has 4 aromatic rings.